The number of nitrogens with one attached hydrogen (secondary N) is 2. The Morgan fingerprint density at radius 1 is 1.08 bits per heavy atom. The Hall–Kier alpha value is -3.63. The summed E-state index contributed by atoms with van der Waals surface area (Å²) in [6, 6.07) is 12.7. The fraction of sp³-hybridized carbons (Fsp3) is 0.611. The number of sulfonamides is 1. The van der Waals surface area contributed by atoms with E-state index in [1.807, 2.05) is 58.0 Å². The molecule has 3 aliphatic rings. The number of hydrogen-bond donors (Lipinski definition) is 3. The molecule has 0 aromatic heterocycles. The van der Waals surface area contributed by atoms with Crippen LogP contribution in [-0.2, 0) is 35.4 Å². The lowest BCUT2D eigenvalue weighted by atomic mass is 9.89. The van der Waals surface area contributed by atoms with Gasteiger partial charge in [-0.25, -0.2) is 18.0 Å². The number of nitrogens with zero attached hydrogens (tertiary/aromatic N) is 1. The highest BCUT2D eigenvalue weighted by Crippen LogP contribution is 2.36. The summed E-state index contributed by atoms with van der Waals surface area (Å²) < 4.78 is 63.0. The lowest BCUT2D eigenvalue weighted by Gasteiger charge is -2.35. The number of aliphatic hydroxyl groups excluding tert-OH is 1. The molecule has 0 radical (unpaired) electrons. The largest absolute Gasteiger partial charge is 0.454 e. The first-order valence-electron chi connectivity index (χ1n) is 17.6. The van der Waals surface area contributed by atoms with Crippen molar-refractivity contribution in [1.29, 1.82) is 0 Å². The zero-order valence-corrected chi connectivity index (χ0v) is 30.6. The van der Waals surface area contributed by atoms with Crippen molar-refractivity contribution >= 4 is 22.2 Å². The van der Waals surface area contributed by atoms with Gasteiger partial charge in [0.25, 0.3) is 0 Å². The van der Waals surface area contributed by atoms with Crippen molar-refractivity contribution in [3.05, 3.63) is 54.1 Å². The van der Waals surface area contributed by atoms with Gasteiger partial charge in [0.05, 0.1) is 42.8 Å². The third-order valence-electron chi connectivity index (χ3n) is 9.59. The zero-order chi connectivity index (χ0) is 36.6. The molecule has 2 saturated heterocycles. The van der Waals surface area contributed by atoms with Gasteiger partial charge in [0, 0.05) is 25.7 Å². The second-order valence-electron chi connectivity index (χ2n) is 14.2. The third kappa shape index (κ3) is 10.5. The predicted molar refractivity (Wildman–Crippen MR) is 186 cm³/mol. The predicted octanol–water partition coefficient (Wildman–Crippen LogP) is 4.05. The van der Waals surface area contributed by atoms with Crippen LogP contribution >= 0.6 is 0 Å². The Morgan fingerprint density at radius 2 is 1.84 bits per heavy atom. The van der Waals surface area contributed by atoms with E-state index in [-0.39, 0.29) is 50.3 Å². The summed E-state index contributed by atoms with van der Waals surface area (Å²) in [5.74, 6) is 0.958. The van der Waals surface area contributed by atoms with Crippen molar-refractivity contribution < 1.29 is 51.5 Å². The smallest absolute Gasteiger partial charge is 0.407 e. The first kappa shape index (κ1) is 38.6. The van der Waals surface area contributed by atoms with Crippen LogP contribution in [0.25, 0.3) is 0 Å². The molecule has 0 bridgehead atoms. The van der Waals surface area contributed by atoms with Gasteiger partial charge in [0.1, 0.15) is 6.10 Å². The molecule has 282 valence electrons. The fourth-order valence-electron chi connectivity index (χ4n) is 6.22. The van der Waals surface area contributed by atoms with Crippen LogP contribution in [0.15, 0.2) is 53.4 Å². The molecule has 15 heteroatoms. The molecular weight excluding hydrogens is 682 g/mol. The Morgan fingerprint density at radius 3 is 2.61 bits per heavy atom. The highest BCUT2D eigenvalue weighted by molar-refractivity contribution is 7.89. The first-order chi connectivity index (χ1) is 24.3. The molecule has 3 heterocycles. The monoisotopic (exact) mass is 733 g/mol. The van der Waals surface area contributed by atoms with Crippen molar-refractivity contribution in [2.24, 2.45) is 17.3 Å². The maximum atomic E-state index is 14.3. The van der Waals surface area contributed by atoms with E-state index in [1.165, 1.54) is 22.5 Å². The van der Waals surface area contributed by atoms with Gasteiger partial charge in [-0.3, -0.25) is 0 Å². The fourth-order valence-corrected chi connectivity index (χ4v) is 7.88. The maximum Gasteiger partial charge on any atom is 0.407 e. The Bertz CT molecular complexity index is 1580. The molecular formula is C36H51N3O11S. The molecule has 14 nitrogen and oxygen atoms in total. The Labute approximate surface area is 300 Å². The van der Waals surface area contributed by atoms with E-state index in [4.69, 9.17) is 28.4 Å². The van der Waals surface area contributed by atoms with Crippen molar-refractivity contribution in [1.82, 2.24) is 14.9 Å². The van der Waals surface area contributed by atoms with Crippen LogP contribution in [0.3, 0.4) is 0 Å². The van der Waals surface area contributed by atoms with E-state index in [0.717, 1.165) is 12.0 Å². The van der Waals surface area contributed by atoms with Crippen LogP contribution in [0, 0.1) is 17.3 Å². The Kier molecular flexibility index (Phi) is 13.1. The van der Waals surface area contributed by atoms with Crippen LogP contribution < -0.4 is 20.1 Å². The highest BCUT2D eigenvalue weighted by Gasteiger charge is 2.44. The first-order valence-corrected chi connectivity index (χ1v) is 19.0. The summed E-state index contributed by atoms with van der Waals surface area (Å²) in [5, 5.41) is 17.4. The molecule has 0 spiro atoms. The molecule has 2 aromatic carbocycles. The maximum absolute atomic E-state index is 14.3. The van der Waals surface area contributed by atoms with E-state index < -0.39 is 52.2 Å². The molecule has 2 aromatic rings. The molecule has 51 heavy (non-hydrogen) atoms. The number of benzene rings is 2. The van der Waals surface area contributed by atoms with Crippen molar-refractivity contribution in [2.45, 2.75) is 82.8 Å². The minimum absolute atomic E-state index is 0.0242. The van der Waals surface area contributed by atoms with Gasteiger partial charge in [-0.1, -0.05) is 64.4 Å². The lowest BCUT2D eigenvalue weighted by Crippen LogP contribution is -2.52. The normalized spacial score (nSPS) is 21.5. The summed E-state index contributed by atoms with van der Waals surface area (Å²) in [6.07, 6.45) is -1.39. The molecule has 3 N–H and O–H groups in total. The summed E-state index contributed by atoms with van der Waals surface area (Å²) in [5.41, 5.74) is 0.119. The van der Waals surface area contributed by atoms with Gasteiger partial charge in [-0.2, -0.15) is 4.31 Å². The van der Waals surface area contributed by atoms with Crippen LogP contribution in [0.5, 0.6) is 11.5 Å². The summed E-state index contributed by atoms with van der Waals surface area (Å²) in [6.45, 7) is 8.65. The minimum atomic E-state index is -4.23. The number of aliphatic hydroxyl groups is 1. The van der Waals surface area contributed by atoms with Gasteiger partial charge in [0.2, 0.25) is 16.8 Å². The molecule has 3 aliphatic heterocycles. The molecule has 0 saturated carbocycles. The number of carbonyl (C=O) groups excluding carboxylic acids is 2. The second-order valence-corrected chi connectivity index (χ2v) is 16.2. The molecule has 2 amide bonds. The number of carbonyl (C=O) groups is 2. The minimum Gasteiger partial charge on any atom is -0.454 e. The number of alkyl carbamates (subject to hydrolysis) is 2. The summed E-state index contributed by atoms with van der Waals surface area (Å²) >= 11 is 0. The van der Waals surface area contributed by atoms with Gasteiger partial charge in [0.15, 0.2) is 17.8 Å². The summed E-state index contributed by atoms with van der Waals surface area (Å²) in [7, 11) is -4.23. The van der Waals surface area contributed by atoms with E-state index >= 15 is 0 Å². The van der Waals surface area contributed by atoms with Gasteiger partial charge >= 0.3 is 12.2 Å². The van der Waals surface area contributed by atoms with Gasteiger partial charge < -0.3 is 44.2 Å². The zero-order valence-electron chi connectivity index (χ0n) is 29.7. The molecule has 1 unspecified atom stereocenters. The molecule has 5 rings (SSSR count). The third-order valence-corrected chi connectivity index (χ3v) is 11.4. The molecule has 2 fully saturated rings. The average Bonchev–Trinajstić information content (AvgIpc) is 3.85. The van der Waals surface area contributed by atoms with Gasteiger partial charge in [-0.15, -0.1) is 0 Å². The van der Waals surface area contributed by atoms with Crippen LogP contribution in [0.1, 0.15) is 52.5 Å². The van der Waals surface area contributed by atoms with E-state index in [1.54, 1.807) is 0 Å². The van der Waals surface area contributed by atoms with Crippen LogP contribution in [-0.4, -0.2) is 101 Å². The number of ether oxygens (including phenoxy) is 6. The average molecular weight is 734 g/mol. The van der Waals surface area contributed by atoms with Crippen molar-refractivity contribution in [3.63, 3.8) is 0 Å². The van der Waals surface area contributed by atoms with Gasteiger partial charge in [-0.05, 0) is 48.3 Å². The topological polar surface area (TPSA) is 171 Å². The molecule has 0 aliphatic carbocycles. The van der Waals surface area contributed by atoms with Crippen molar-refractivity contribution in [3.8, 4) is 11.5 Å². The highest BCUT2D eigenvalue weighted by atomic mass is 32.2. The van der Waals surface area contributed by atoms with Crippen molar-refractivity contribution in [2.75, 3.05) is 46.2 Å². The number of hydrogen-bond acceptors (Lipinski definition) is 11. The number of rotatable bonds is 17. The number of amides is 2. The van der Waals surface area contributed by atoms with E-state index in [9.17, 15) is 23.1 Å². The van der Waals surface area contributed by atoms with E-state index in [2.05, 4.69) is 10.6 Å². The quantitative estimate of drug-likeness (QED) is 0.214. The van der Waals surface area contributed by atoms with Crippen LogP contribution in [0.4, 0.5) is 9.59 Å². The standard InChI is InChI=1S/C36H51N3O11S/c1-5-24(2)19-37-34(41)46-16-14-36(3,4)22-39(51(43,44)26-11-12-30-31(18-26)49-23-48-30)20-29(40)28(17-25-9-7-6-8-10-25)38-35(42)50-32-21-47-33-27(32)13-15-45-33/h6-12,18,24,27-29,32-33,40H,5,13-17,19-23H2,1-4H3,(H,37,41)(H,38,42)/t24?,27-,28-,29+,32-,33+/m0/s1. The summed E-state index contributed by atoms with van der Waals surface area (Å²) in [4.78, 5) is 25.5. The second kappa shape index (κ2) is 17.3. The van der Waals surface area contributed by atoms with E-state index in [0.29, 0.717) is 43.4 Å². The lowest BCUT2D eigenvalue weighted by molar-refractivity contribution is -0.0907. The molecule has 6 atom stereocenters. The number of fused-ring (bicyclic) bond motifs is 2. The van der Waals surface area contributed by atoms with Crippen LogP contribution in [0.2, 0.25) is 0 Å². The SMILES string of the molecule is CCC(C)CNC(=O)OCCC(C)(C)CN(C[C@@H](O)[C@H](Cc1ccccc1)NC(=O)O[C@H]1CO[C@H]2OCC[C@H]21)S(=O)(=O)c1ccc2c(c1)OCO2. The Balaban J connectivity index is 1.33.